The van der Waals surface area contributed by atoms with Crippen LogP contribution in [-0.2, 0) is 11.3 Å². The van der Waals surface area contributed by atoms with Gasteiger partial charge in [-0.15, -0.1) is 0 Å². The minimum atomic E-state index is -0.550. The van der Waals surface area contributed by atoms with Crippen LogP contribution in [0.3, 0.4) is 0 Å². The first-order valence-corrected chi connectivity index (χ1v) is 10.1. The number of aliphatic imine (C=N–C) groups is 1. The summed E-state index contributed by atoms with van der Waals surface area (Å²) in [6, 6.07) is 7.46. The highest BCUT2D eigenvalue weighted by atomic mass is 16.2. The highest BCUT2D eigenvalue weighted by Crippen LogP contribution is 2.21. The number of urea groups is 1. The zero-order valence-electron chi connectivity index (χ0n) is 17.6. The van der Waals surface area contributed by atoms with Crippen molar-refractivity contribution in [2.75, 3.05) is 53.9 Å². The molecular weight excluding hydrogens is 368 g/mol. The SMILES string of the molecule is Cc1ccc(C[N+]2=C(CN3CCN(C)CC3)N=C3C2C(=O)N(C)C(=O)N3C)cc1. The predicted molar refractivity (Wildman–Crippen MR) is 111 cm³/mol. The van der Waals surface area contributed by atoms with Gasteiger partial charge in [0.05, 0.1) is 0 Å². The third kappa shape index (κ3) is 3.70. The Labute approximate surface area is 171 Å². The highest BCUT2D eigenvalue weighted by Gasteiger charge is 2.53. The van der Waals surface area contributed by atoms with E-state index in [1.54, 1.807) is 14.1 Å². The van der Waals surface area contributed by atoms with Crippen LogP contribution in [-0.4, -0.2) is 108 Å². The second-order valence-corrected chi connectivity index (χ2v) is 8.22. The first kappa shape index (κ1) is 19.7. The van der Waals surface area contributed by atoms with E-state index in [0.717, 1.165) is 37.6 Å². The average molecular weight is 398 g/mol. The second-order valence-electron chi connectivity index (χ2n) is 8.22. The van der Waals surface area contributed by atoms with E-state index >= 15 is 0 Å². The largest absolute Gasteiger partial charge is 0.333 e. The van der Waals surface area contributed by atoms with Gasteiger partial charge in [-0.2, -0.15) is 0 Å². The number of fused-ring (bicyclic) bond motifs is 1. The zero-order valence-corrected chi connectivity index (χ0v) is 17.6. The topological polar surface area (TPSA) is 62.5 Å². The van der Waals surface area contributed by atoms with Gasteiger partial charge in [-0.25, -0.2) is 9.37 Å². The number of carbonyl (C=O) groups is 2. The van der Waals surface area contributed by atoms with E-state index < -0.39 is 6.04 Å². The first-order valence-electron chi connectivity index (χ1n) is 10.1. The third-order valence-electron chi connectivity index (χ3n) is 6.05. The minimum Gasteiger partial charge on any atom is -0.304 e. The highest BCUT2D eigenvalue weighted by molar-refractivity contribution is 6.23. The van der Waals surface area contributed by atoms with Gasteiger partial charge in [0.1, 0.15) is 13.1 Å². The van der Waals surface area contributed by atoms with E-state index in [1.165, 1.54) is 15.4 Å². The predicted octanol–water partition coefficient (Wildman–Crippen LogP) is 0.458. The number of imide groups is 1. The number of rotatable bonds is 4. The maximum Gasteiger partial charge on any atom is 0.333 e. The van der Waals surface area contributed by atoms with E-state index in [-0.39, 0.29) is 11.9 Å². The lowest BCUT2D eigenvalue weighted by molar-refractivity contribution is -0.552. The van der Waals surface area contributed by atoms with Crippen LogP contribution in [0.5, 0.6) is 0 Å². The van der Waals surface area contributed by atoms with Crippen molar-refractivity contribution in [2.45, 2.75) is 19.5 Å². The second kappa shape index (κ2) is 7.68. The quantitative estimate of drug-likeness (QED) is 0.693. The summed E-state index contributed by atoms with van der Waals surface area (Å²) in [5, 5.41) is 0. The lowest BCUT2D eigenvalue weighted by Gasteiger charge is -2.31. The Morgan fingerprint density at radius 2 is 1.66 bits per heavy atom. The summed E-state index contributed by atoms with van der Waals surface area (Å²) in [6.45, 7) is 7.30. The monoisotopic (exact) mass is 397 g/mol. The maximum absolute atomic E-state index is 13.0. The molecule has 0 N–H and O–H groups in total. The molecule has 3 aliphatic heterocycles. The lowest BCUT2D eigenvalue weighted by atomic mass is 10.1. The number of amidine groups is 2. The fourth-order valence-corrected chi connectivity index (χ4v) is 4.05. The Kier molecular flexibility index (Phi) is 5.23. The molecule has 3 heterocycles. The maximum atomic E-state index is 13.0. The van der Waals surface area contributed by atoms with Crippen molar-refractivity contribution in [1.29, 1.82) is 0 Å². The number of hydrogen-bond acceptors (Lipinski definition) is 5. The van der Waals surface area contributed by atoms with Crippen molar-refractivity contribution in [2.24, 2.45) is 4.99 Å². The minimum absolute atomic E-state index is 0.215. The standard InChI is InChI=1S/C21H29N6O2/c1-15-5-7-16(8-6-15)13-27-17(14-26-11-9-23(2)10-12-26)22-19-18(27)20(28)25(4)21(29)24(19)3/h5-8,18H,9-14H2,1-4H3/q+1. The molecule has 29 heavy (non-hydrogen) atoms. The number of nitrogens with zero attached hydrogens (tertiary/aromatic N) is 6. The molecule has 0 saturated carbocycles. The number of piperazine rings is 1. The van der Waals surface area contributed by atoms with Crippen molar-refractivity contribution in [3.8, 4) is 0 Å². The van der Waals surface area contributed by atoms with Crippen LogP contribution >= 0.6 is 0 Å². The molecule has 2 saturated heterocycles. The summed E-state index contributed by atoms with van der Waals surface area (Å²) in [4.78, 5) is 37.6. The molecule has 1 unspecified atom stereocenters. The van der Waals surface area contributed by atoms with Crippen LogP contribution < -0.4 is 0 Å². The summed E-state index contributed by atoms with van der Waals surface area (Å²) in [6.07, 6.45) is 0. The molecule has 8 heteroatoms. The van der Waals surface area contributed by atoms with Gasteiger partial charge in [0.2, 0.25) is 0 Å². The number of aryl methyl sites for hydroxylation is 1. The fourth-order valence-electron chi connectivity index (χ4n) is 4.05. The van der Waals surface area contributed by atoms with Crippen molar-refractivity contribution < 1.29 is 14.2 Å². The molecule has 0 radical (unpaired) electrons. The van der Waals surface area contributed by atoms with Gasteiger partial charge >= 0.3 is 11.9 Å². The molecule has 0 bridgehead atoms. The van der Waals surface area contributed by atoms with Gasteiger partial charge in [-0.1, -0.05) is 29.8 Å². The summed E-state index contributed by atoms with van der Waals surface area (Å²) < 4.78 is 2.07. The van der Waals surface area contributed by atoms with E-state index in [1.807, 2.05) is 0 Å². The molecule has 2 fully saturated rings. The molecule has 1 aromatic carbocycles. The number of likely N-dealkylation sites (N-methyl/N-ethyl adjacent to an activating group) is 3. The Balaban J connectivity index is 1.67. The van der Waals surface area contributed by atoms with Crippen LogP contribution in [0.4, 0.5) is 4.79 Å². The molecular formula is C21H29N6O2+. The first-order chi connectivity index (χ1) is 13.8. The molecule has 3 amide bonds. The van der Waals surface area contributed by atoms with Crippen LogP contribution in [0.2, 0.25) is 0 Å². The zero-order chi connectivity index (χ0) is 20.7. The van der Waals surface area contributed by atoms with Gasteiger partial charge < -0.3 is 4.90 Å². The van der Waals surface area contributed by atoms with Gasteiger partial charge in [0.15, 0.2) is 0 Å². The van der Waals surface area contributed by atoms with Crippen LogP contribution in [0.25, 0.3) is 0 Å². The fraction of sp³-hybridized carbons (Fsp3) is 0.524. The lowest BCUT2D eigenvalue weighted by Crippen LogP contribution is -2.61. The smallest absolute Gasteiger partial charge is 0.304 e. The number of amides is 3. The number of hydrogen-bond donors (Lipinski definition) is 0. The molecule has 4 rings (SSSR count). The summed E-state index contributed by atoms with van der Waals surface area (Å²) in [5.74, 6) is 1.18. The van der Waals surface area contributed by atoms with E-state index in [2.05, 4.69) is 52.6 Å². The Bertz CT molecular complexity index is 883. The summed E-state index contributed by atoms with van der Waals surface area (Å²) in [5.41, 5.74) is 2.32. The number of carbonyl (C=O) groups excluding carboxylic acids is 2. The van der Waals surface area contributed by atoms with Crippen LogP contribution in [0, 0.1) is 6.92 Å². The molecule has 154 valence electrons. The van der Waals surface area contributed by atoms with Gasteiger partial charge in [-0.05, 0) is 24.5 Å². The third-order valence-corrected chi connectivity index (χ3v) is 6.05. The molecule has 3 aliphatic rings. The van der Waals surface area contributed by atoms with E-state index in [0.29, 0.717) is 18.9 Å². The van der Waals surface area contributed by atoms with E-state index in [9.17, 15) is 9.59 Å². The Hall–Kier alpha value is -2.58. The molecule has 1 aromatic rings. The van der Waals surface area contributed by atoms with Crippen molar-refractivity contribution in [3.63, 3.8) is 0 Å². The number of benzene rings is 1. The van der Waals surface area contributed by atoms with E-state index in [4.69, 9.17) is 4.99 Å². The molecule has 1 atom stereocenters. The average Bonchev–Trinajstić information content (AvgIpc) is 3.06. The van der Waals surface area contributed by atoms with Gasteiger partial charge in [-0.3, -0.25) is 19.5 Å². The molecule has 0 spiro atoms. The van der Waals surface area contributed by atoms with Crippen molar-refractivity contribution in [1.82, 2.24) is 19.6 Å². The van der Waals surface area contributed by atoms with Crippen LogP contribution in [0.1, 0.15) is 11.1 Å². The normalized spacial score (nSPS) is 23.7. The van der Waals surface area contributed by atoms with Gasteiger partial charge in [0, 0.05) is 40.3 Å². The molecule has 0 aromatic heterocycles. The Morgan fingerprint density at radius 3 is 2.31 bits per heavy atom. The Morgan fingerprint density at radius 1 is 1.00 bits per heavy atom. The molecule has 8 nitrogen and oxygen atoms in total. The summed E-state index contributed by atoms with van der Waals surface area (Å²) >= 11 is 0. The summed E-state index contributed by atoms with van der Waals surface area (Å²) in [7, 11) is 5.37. The molecule has 0 aliphatic carbocycles. The van der Waals surface area contributed by atoms with Crippen molar-refractivity contribution >= 4 is 23.6 Å². The van der Waals surface area contributed by atoms with Crippen LogP contribution in [0.15, 0.2) is 29.3 Å². The van der Waals surface area contributed by atoms with Gasteiger partial charge in [0.25, 0.3) is 17.8 Å². The van der Waals surface area contributed by atoms with Crippen molar-refractivity contribution in [3.05, 3.63) is 35.4 Å².